The van der Waals surface area contributed by atoms with Crippen LogP contribution in [0.5, 0.6) is 5.75 Å². The predicted octanol–water partition coefficient (Wildman–Crippen LogP) is 3.20. The molecule has 0 spiro atoms. The molecule has 2 N–H and O–H groups in total. The second-order valence-electron chi connectivity index (χ2n) is 4.48. The van der Waals surface area contributed by atoms with E-state index >= 15 is 0 Å². The second kappa shape index (κ2) is 6.08. The molecule has 19 heavy (non-hydrogen) atoms. The van der Waals surface area contributed by atoms with Gasteiger partial charge in [0.1, 0.15) is 5.75 Å². The van der Waals surface area contributed by atoms with E-state index in [2.05, 4.69) is 37.1 Å². The van der Waals surface area contributed by atoms with Crippen LogP contribution < -0.4 is 15.4 Å². The summed E-state index contributed by atoms with van der Waals surface area (Å²) >= 11 is 1.79. The summed E-state index contributed by atoms with van der Waals surface area (Å²) in [6.07, 6.45) is 0. The first-order valence-corrected chi connectivity index (χ1v) is 7.11. The number of methoxy groups -OCH3 is 1. The van der Waals surface area contributed by atoms with Gasteiger partial charge in [-0.2, -0.15) is 0 Å². The summed E-state index contributed by atoms with van der Waals surface area (Å²) in [6, 6.07) is 12.5. The number of likely N-dealkylation sites (N-methyl/N-ethyl adjacent to an activating group) is 1. The Balaban J connectivity index is 2.33. The van der Waals surface area contributed by atoms with Gasteiger partial charge in [-0.05, 0) is 31.2 Å². The van der Waals surface area contributed by atoms with Crippen LogP contribution >= 0.6 is 11.3 Å². The summed E-state index contributed by atoms with van der Waals surface area (Å²) in [7, 11) is 3.75. The SMILES string of the molecule is COc1ccccc1N(C)C(CN)c1ccc(C)s1. The van der Waals surface area contributed by atoms with Crippen molar-refractivity contribution in [3.8, 4) is 5.75 Å². The van der Waals surface area contributed by atoms with E-state index in [9.17, 15) is 0 Å². The Kier molecular flexibility index (Phi) is 4.45. The smallest absolute Gasteiger partial charge is 0.142 e. The highest BCUT2D eigenvalue weighted by molar-refractivity contribution is 7.12. The van der Waals surface area contributed by atoms with E-state index in [0.717, 1.165) is 11.4 Å². The van der Waals surface area contributed by atoms with Gasteiger partial charge in [0, 0.05) is 23.3 Å². The second-order valence-corrected chi connectivity index (χ2v) is 5.80. The molecule has 1 aromatic heterocycles. The molecule has 0 saturated heterocycles. The van der Waals surface area contributed by atoms with Crippen LogP contribution in [0.15, 0.2) is 36.4 Å². The van der Waals surface area contributed by atoms with Gasteiger partial charge in [-0.15, -0.1) is 11.3 Å². The molecule has 0 aliphatic carbocycles. The first-order valence-electron chi connectivity index (χ1n) is 6.29. The van der Waals surface area contributed by atoms with Gasteiger partial charge in [0.15, 0.2) is 0 Å². The van der Waals surface area contributed by atoms with E-state index in [0.29, 0.717) is 6.54 Å². The molecule has 2 rings (SSSR count). The third-order valence-electron chi connectivity index (χ3n) is 3.25. The van der Waals surface area contributed by atoms with Crippen LogP contribution in [0.1, 0.15) is 15.8 Å². The van der Waals surface area contributed by atoms with Gasteiger partial charge in [-0.1, -0.05) is 12.1 Å². The van der Waals surface area contributed by atoms with E-state index < -0.39 is 0 Å². The van der Waals surface area contributed by atoms with Gasteiger partial charge >= 0.3 is 0 Å². The average Bonchev–Trinajstić information content (AvgIpc) is 2.86. The van der Waals surface area contributed by atoms with Gasteiger partial charge in [-0.25, -0.2) is 0 Å². The lowest BCUT2D eigenvalue weighted by Crippen LogP contribution is -2.30. The highest BCUT2D eigenvalue weighted by atomic mass is 32.1. The number of hydrogen-bond acceptors (Lipinski definition) is 4. The maximum Gasteiger partial charge on any atom is 0.142 e. The largest absolute Gasteiger partial charge is 0.495 e. The molecular formula is C15H20N2OS. The Labute approximate surface area is 118 Å². The van der Waals surface area contributed by atoms with E-state index in [1.165, 1.54) is 9.75 Å². The molecule has 1 heterocycles. The van der Waals surface area contributed by atoms with Crippen molar-refractivity contribution in [1.29, 1.82) is 0 Å². The Morgan fingerprint density at radius 1 is 1.26 bits per heavy atom. The minimum absolute atomic E-state index is 0.176. The Morgan fingerprint density at radius 2 is 2.00 bits per heavy atom. The summed E-state index contributed by atoms with van der Waals surface area (Å²) in [4.78, 5) is 4.78. The van der Waals surface area contributed by atoms with E-state index in [1.807, 2.05) is 18.2 Å². The van der Waals surface area contributed by atoms with Crippen LogP contribution in [-0.2, 0) is 0 Å². The Hall–Kier alpha value is -1.52. The molecule has 0 saturated carbocycles. The van der Waals surface area contributed by atoms with E-state index in [1.54, 1.807) is 18.4 Å². The highest BCUT2D eigenvalue weighted by Gasteiger charge is 2.19. The molecule has 0 fully saturated rings. The average molecular weight is 276 g/mol. The van der Waals surface area contributed by atoms with Crippen molar-refractivity contribution in [1.82, 2.24) is 0 Å². The fourth-order valence-corrected chi connectivity index (χ4v) is 3.22. The normalized spacial score (nSPS) is 12.2. The van der Waals surface area contributed by atoms with Crippen LogP contribution in [0.25, 0.3) is 0 Å². The maximum atomic E-state index is 5.97. The first kappa shape index (κ1) is 13.9. The number of nitrogens with zero attached hydrogens (tertiary/aromatic N) is 1. The quantitative estimate of drug-likeness (QED) is 0.911. The minimum Gasteiger partial charge on any atom is -0.495 e. The lowest BCUT2D eigenvalue weighted by molar-refractivity contribution is 0.413. The molecule has 4 heteroatoms. The van der Waals surface area contributed by atoms with Crippen LogP contribution in [0.4, 0.5) is 5.69 Å². The van der Waals surface area contributed by atoms with Gasteiger partial charge < -0.3 is 15.4 Å². The van der Waals surface area contributed by atoms with Crippen molar-refractivity contribution in [2.75, 3.05) is 25.6 Å². The lowest BCUT2D eigenvalue weighted by Gasteiger charge is -2.29. The number of rotatable bonds is 5. The Morgan fingerprint density at radius 3 is 2.58 bits per heavy atom. The zero-order valence-corrected chi connectivity index (χ0v) is 12.4. The van der Waals surface area contributed by atoms with Gasteiger partial charge in [0.05, 0.1) is 18.8 Å². The van der Waals surface area contributed by atoms with Crippen molar-refractivity contribution in [3.05, 3.63) is 46.2 Å². The molecule has 0 aliphatic rings. The fourth-order valence-electron chi connectivity index (χ4n) is 2.19. The summed E-state index contributed by atoms with van der Waals surface area (Å²) in [5, 5.41) is 0. The third kappa shape index (κ3) is 2.91. The molecule has 0 bridgehead atoms. The first-order chi connectivity index (χ1) is 9.17. The number of nitrogens with two attached hydrogens (primary N) is 1. The molecular weight excluding hydrogens is 256 g/mol. The molecule has 3 nitrogen and oxygen atoms in total. The number of anilines is 1. The van der Waals surface area contributed by atoms with Crippen molar-refractivity contribution < 1.29 is 4.74 Å². The van der Waals surface area contributed by atoms with Crippen molar-refractivity contribution >= 4 is 17.0 Å². The zero-order valence-electron chi connectivity index (χ0n) is 11.6. The number of aryl methyl sites for hydroxylation is 1. The number of hydrogen-bond donors (Lipinski definition) is 1. The van der Waals surface area contributed by atoms with Crippen LogP contribution in [0, 0.1) is 6.92 Å². The van der Waals surface area contributed by atoms with E-state index in [4.69, 9.17) is 10.5 Å². The number of thiophene rings is 1. The topological polar surface area (TPSA) is 38.5 Å². The van der Waals surface area contributed by atoms with Crippen molar-refractivity contribution in [3.63, 3.8) is 0 Å². The van der Waals surface area contributed by atoms with Crippen molar-refractivity contribution in [2.24, 2.45) is 5.73 Å². The van der Waals surface area contributed by atoms with Crippen LogP contribution in [0.3, 0.4) is 0 Å². The number of para-hydroxylation sites is 2. The molecule has 0 radical (unpaired) electrons. The van der Waals surface area contributed by atoms with Gasteiger partial charge in [0.2, 0.25) is 0 Å². The Bertz CT molecular complexity index is 538. The number of ether oxygens (including phenoxy) is 1. The molecule has 0 amide bonds. The third-order valence-corrected chi connectivity index (χ3v) is 4.35. The summed E-state index contributed by atoms with van der Waals surface area (Å²) in [5.41, 5.74) is 7.03. The standard InChI is InChI=1S/C15H20N2OS/c1-11-8-9-15(19-11)13(10-16)17(2)12-6-4-5-7-14(12)18-3/h4-9,13H,10,16H2,1-3H3. The minimum atomic E-state index is 0.176. The molecule has 102 valence electrons. The highest BCUT2D eigenvalue weighted by Crippen LogP contribution is 2.34. The summed E-state index contributed by atoms with van der Waals surface area (Å²) in [5.74, 6) is 0.872. The molecule has 1 atom stereocenters. The lowest BCUT2D eigenvalue weighted by atomic mass is 10.1. The molecule has 1 unspecified atom stereocenters. The van der Waals surface area contributed by atoms with Crippen LogP contribution in [0.2, 0.25) is 0 Å². The fraction of sp³-hybridized carbons (Fsp3) is 0.333. The number of benzene rings is 1. The zero-order chi connectivity index (χ0) is 13.8. The molecule has 0 aliphatic heterocycles. The monoisotopic (exact) mass is 276 g/mol. The van der Waals surface area contributed by atoms with Crippen molar-refractivity contribution in [2.45, 2.75) is 13.0 Å². The van der Waals surface area contributed by atoms with Gasteiger partial charge in [-0.3, -0.25) is 0 Å². The van der Waals surface area contributed by atoms with E-state index in [-0.39, 0.29) is 6.04 Å². The summed E-state index contributed by atoms with van der Waals surface area (Å²) in [6.45, 7) is 2.69. The van der Waals surface area contributed by atoms with Gasteiger partial charge in [0.25, 0.3) is 0 Å². The molecule has 2 aromatic rings. The van der Waals surface area contributed by atoms with Crippen LogP contribution in [-0.4, -0.2) is 20.7 Å². The predicted molar refractivity (Wildman–Crippen MR) is 82.2 cm³/mol. The summed E-state index contributed by atoms with van der Waals surface area (Å²) < 4.78 is 5.42. The molecule has 1 aromatic carbocycles. The maximum absolute atomic E-state index is 5.97.